The number of carboxylic acid groups (broad SMARTS) is 1. The third kappa shape index (κ3) is 26.2. The standard InChI is InChI=1S/C36H65NO7/c1-6-8-10-12-14-15-16-17-18-19-21-23-25-27-35(39)44-32(30-42-29-28-33(36(40)41)37(3,4)5)31-43-34(38)26-24-22-20-13-11-9-7-2/h9,11,20,22,32-33H,6-8,10,12-19,21,23-31H2,1-5H3/b11-9+,22-20+. The summed E-state index contributed by atoms with van der Waals surface area (Å²) in [6, 6.07) is -0.727. The van der Waals surface area contributed by atoms with Gasteiger partial charge in [0.2, 0.25) is 0 Å². The van der Waals surface area contributed by atoms with E-state index in [1.54, 1.807) is 21.1 Å². The second kappa shape index (κ2) is 28.3. The van der Waals surface area contributed by atoms with Crippen molar-refractivity contribution in [3.8, 4) is 0 Å². The monoisotopic (exact) mass is 623 g/mol. The Morgan fingerprint density at radius 3 is 1.82 bits per heavy atom. The first-order chi connectivity index (χ1) is 21.1. The molecule has 0 heterocycles. The Morgan fingerprint density at radius 2 is 1.27 bits per heavy atom. The molecule has 256 valence electrons. The summed E-state index contributed by atoms with van der Waals surface area (Å²) in [6.07, 6.45) is 26.7. The van der Waals surface area contributed by atoms with Gasteiger partial charge in [0.05, 0.1) is 40.3 Å². The lowest BCUT2D eigenvalue weighted by Gasteiger charge is -2.34. The highest BCUT2D eigenvalue weighted by molar-refractivity contribution is 5.70. The number of carbonyl (C=O) groups is 3. The quantitative estimate of drug-likeness (QED) is 0.0373. The van der Waals surface area contributed by atoms with Crippen molar-refractivity contribution in [3.05, 3.63) is 24.3 Å². The van der Waals surface area contributed by atoms with E-state index < -0.39 is 18.1 Å². The number of nitrogens with zero attached hydrogens (tertiary/aromatic N) is 1. The van der Waals surface area contributed by atoms with E-state index in [-0.39, 0.29) is 49.1 Å². The van der Waals surface area contributed by atoms with E-state index in [0.29, 0.717) is 12.8 Å². The summed E-state index contributed by atoms with van der Waals surface area (Å²) in [5.41, 5.74) is 0. The van der Waals surface area contributed by atoms with Crippen LogP contribution in [0.4, 0.5) is 0 Å². The Hall–Kier alpha value is -2.19. The van der Waals surface area contributed by atoms with Crippen molar-refractivity contribution in [2.24, 2.45) is 0 Å². The predicted octanol–water partition coefficient (Wildman–Crippen LogP) is 6.85. The number of unbranched alkanes of at least 4 members (excludes halogenated alkanes) is 12. The van der Waals surface area contributed by atoms with E-state index in [9.17, 15) is 19.5 Å². The summed E-state index contributed by atoms with van der Waals surface area (Å²) >= 11 is 0. The number of quaternary nitrogens is 1. The van der Waals surface area contributed by atoms with Gasteiger partial charge in [-0.2, -0.15) is 0 Å². The van der Waals surface area contributed by atoms with Crippen LogP contribution in [0.3, 0.4) is 0 Å². The number of ether oxygens (including phenoxy) is 3. The molecule has 0 bridgehead atoms. The molecule has 0 saturated carbocycles. The molecule has 0 aromatic rings. The average molecular weight is 624 g/mol. The smallest absolute Gasteiger partial charge is 0.306 e. The van der Waals surface area contributed by atoms with Crippen LogP contribution in [-0.2, 0) is 28.6 Å². The number of esters is 2. The molecule has 8 nitrogen and oxygen atoms in total. The summed E-state index contributed by atoms with van der Waals surface area (Å²) in [5, 5.41) is 11.5. The molecule has 0 aliphatic carbocycles. The molecule has 0 aliphatic rings. The lowest BCUT2D eigenvalue weighted by Crippen LogP contribution is -2.55. The Kier molecular flexibility index (Phi) is 26.9. The van der Waals surface area contributed by atoms with Gasteiger partial charge in [-0.05, 0) is 25.7 Å². The number of likely N-dealkylation sites (N-methyl/N-ethyl adjacent to an activating group) is 1. The highest BCUT2D eigenvalue weighted by Crippen LogP contribution is 2.14. The number of carbonyl (C=O) groups excluding carboxylic acids is 3. The van der Waals surface area contributed by atoms with Crippen LogP contribution in [0.2, 0.25) is 0 Å². The maximum atomic E-state index is 12.6. The zero-order chi connectivity index (χ0) is 32.9. The number of hydrogen-bond acceptors (Lipinski definition) is 7. The Bertz CT molecular complexity index is 788. The van der Waals surface area contributed by atoms with Gasteiger partial charge in [-0.25, -0.2) is 0 Å². The predicted molar refractivity (Wildman–Crippen MR) is 176 cm³/mol. The number of rotatable bonds is 30. The van der Waals surface area contributed by atoms with Crippen LogP contribution >= 0.6 is 0 Å². The molecular formula is C36H65NO7. The largest absolute Gasteiger partial charge is 0.544 e. The molecule has 0 amide bonds. The zero-order valence-electron chi connectivity index (χ0n) is 28.8. The molecule has 2 unspecified atom stereocenters. The molecule has 44 heavy (non-hydrogen) atoms. The van der Waals surface area contributed by atoms with E-state index in [4.69, 9.17) is 14.2 Å². The van der Waals surface area contributed by atoms with Gasteiger partial charge < -0.3 is 28.6 Å². The van der Waals surface area contributed by atoms with Crippen molar-refractivity contribution in [1.29, 1.82) is 0 Å². The van der Waals surface area contributed by atoms with Crippen LogP contribution in [0.1, 0.15) is 136 Å². The molecule has 0 N–H and O–H groups in total. The van der Waals surface area contributed by atoms with Crippen LogP contribution < -0.4 is 5.11 Å². The van der Waals surface area contributed by atoms with Gasteiger partial charge in [0.15, 0.2) is 6.10 Å². The highest BCUT2D eigenvalue weighted by Gasteiger charge is 2.25. The van der Waals surface area contributed by atoms with Crippen LogP contribution in [0.5, 0.6) is 0 Å². The van der Waals surface area contributed by atoms with Crippen LogP contribution in [-0.4, -0.2) is 75.5 Å². The average Bonchev–Trinajstić information content (AvgIpc) is 2.96. The van der Waals surface area contributed by atoms with Crippen molar-refractivity contribution >= 4 is 17.9 Å². The summed E-state index contributed by atoms with van der Waals surface area (Å²) in [7, 11) is 5.37. The molecule has 0 aliphatic heterocycles. The van der Waals surface area contributed by atoms with Crippen molar-refractivity contribution in [2.75, 3.05) is 41.0 Å². The van der Waals surface area contributed by atoms with Gasteiger partial charge in [0.25, 0.3) is 0 Å². The Balaban J connectivity index is 4.46. The highest BCUT2D eigenvalue weighted by atomic mass is 16.6. The minimum absolute atomic E-state index is 0.0260. The van der Waals surface area contributed by atoms with E-state index >= 15 is 0 Å². The first-order valence-corrected chi connectivity index (χ1v) is 17.4. The molecule has 0 saturated heterocycles. The molecule has 0 radical (unpaired) electrons. The first kappa shape index (κ1) is 41.8. The third-order valence-electron chi connectivity index (χ3n) is 7.62. The van der Waals surface area contributed by atoms with Crippen LogP contribution in [0.15, 0.2) is 24.3 Å². The normalized spacial score (nSPS) is 13.4. The third-order valence-corrected chi connectivity index (χ3v) is 7.62. The van der Waals surface area contributed by atoms with Crippen molar-refractivity contribution < 1.29 is 38.2 Å². The van der Waals surface area contributed by atoms with Crippen molar-refractivity contribution in [3.63, 3.8) is 0 Å². The van der Waals surface area contributed by atoms with Gasteiger partial charge in [-0.3, -0.25) is 9.59 Å². The molecule has 8 heteroatoms. The second-order valence-corrected chi connectivity index (χ2v) is 12.7. The van der Waals surface area contributed by atoms with Gasteiger partial charge in [-0.15, -0.1) is 0 Å². The topological polar surface area (TPSA) is 102 Å². The molecule has 0 fully saturated rings. The minimum atomic E-state index is -1.13. The fraction of sp³-hybridized carbons (Fsp3) is 0.806. The molecule has 0 aromatic heterocycles. The molecular weight excluding hydrogens is 558 g/mol. The van der Waals surface area contributed by atoms with Gasteiger partial charge >= 0.3 is 11.9 Å². The van der Waals surface area contributed by atoms with Crippen LogP contribution in [0, 0.1) is 0 Å². The summed E-state index contributed by atoms with van der Waals surface area (Å²) in [4.78, 5) is 36.3. The Labute approximate surface area is 269 Å². The second-order valence-electron chi connectivity index (χ2n) is 12.7. The van der Waals surface area contributed by atoms with E-state index in [1.165, 1.54) is 64.2 Å². The maximum absolute atomic E-state index is 12.6. The van der Waals surface area contributed by atoms with Crippen molar-refractivity contribution in [2.45, 2.75) is 148 Å². The molecule has 0 spiro atoms. The summed E-state index contributed by atoms with van der Waals surface area (Å²) in [6.45, 7) is 4.43. The number of aliphatic carboxylic acids is 1. The number of hydrogen-bond donors (Lipinski definition) is 0. The van der Waals surface area contributed by atoms with E-state index in [2.05, 4.69) is 26.0 Å². The fourth-order valence-electron chi connectivity index (χ4n) is 4.89. The fourth-order valence-corrected chi connectivity index (χ4v) is 4.89. The lowest BCUT2D eigenvalue weighted by atomic mass is 10.0. The van der Waals surface area contributed by atoms with Crippen LogP contribution in [0.25, 0.3) is 0 Å². The van der Waals surface area contributed by atoms with Gasteiger partial charge in [-0.1, -0.05) is 115 Å². The van der Waals surface area contributed by atoms with Gasteiger partial charge in [0, 0.05) is 19.3 Å². The summed E-state index contributed by atoms with van der Waals surface area (Å²) < 4.78 is 16.9. The lowest BCUT2D eigenvalue weighted by molar-refractivity contribution is -0.889. The molecule has 0 aromatic carbocycles. The maximum Gasteiger partial charge on any atom is 0.306 e. The van der Waals surface area contributed by atoms with E-state index in [1.807, 2.05) is 12.2 Å². The first-order valence-electron chi connectivity index (χ1n) is 17.4. The minimum Gasteiger partial charge on any atom is -0.544 e. The zero-order valence-corrected chi connectivity index (χ0v) is 28.8. The number of carboxylic acids is 1. The number of allylic oxidation sites excluding steroid dienone is 4. The van der Waals surface area contributed by atoms with Gasteiger partial charge in [0.1, 0.15) is 12.6 Å². The molecule has 0 rings (SSSR count). The Morgan fingerprint density at radius 1 is 0.705 bits per heavy atom. The summed E-state index contributed by atoms with van der Waals surface area (Å²) in [5.74, 6) is -1.83. The SMILES string of the molecule is CC/C=C/C/C=C/CCC(=O)OCC(COCCC(C(=O)[O-])[N+](C)(C)C)OC(=O)CCCCCCCCCCCCCCC. The van der Waals surface area contributed by atoms with Crippen molar-refractivity contribution in [1.82, 2.24) is 0 Å². The van der Waals surface area contributed by atoms with E-state index in [0.717, 1.165) is 32.1 Å². The molecule has 2 atom stereocenters.